The summed E-state index contributed by atoms with van der Waals surface area (Å²) in [5.74, 6) is 3.52. The lowest BCUT2D eigenvalue weighted by Gasteiger charge is -2.27. The maximum Gasteiger partial charge on any atom is 0.118 e. The Bertz CT molecular complexity index is 942. The first-order chi connectivity index (χ1) is 13.2. The van der Waals surface area contributed by atoms with Crippen LogP contribution in [0.4, 0.5) is 0 Å². The van der Waals surface area contributed by atoms with Crippen LogP contribution in [-0.4, -0.2) is 44.4 Å². The fraction of sp³-hybridized carbons (Fsp3) is 0.429. The van der Waals surface area contributed by atoms with Crippen LogP contribution in [0.2, 0.25) is 0 Å². The molecule has 140 valence electrons. The van der Waals surface area contributed by atoms with Crippen LogP contribution in [0.25, 0.3) is 11.3 Å². The van der Waals surface area contributed by atoms with Gasteiger partial charge in [0.05, 0.1) is 25.2 Å². The molecule has 2 aliphatic rings. The zero-order chi connectivity index (χ0) is 18.4. The Morgan fingerprint density at radius 1 is 1.07 bits per heavy atom. The van der Waals surface area contributed by atoms with E-state index in [2.05, 4.69) is 32.9 Å². The Labute approximate surface area is 159 Å². The van der Waals surface area contributed by atoms with Gasteiger partial charge in [0, 0.05) is 57.0 Å². The van der Waals surface area contributed by atoms with E-state index in [1.807, 2.05) is 36.3 Å². The van der Waals surface area contributed by atoms with E-state index in [4.69, 9.17) is 9.72 Å². The highest BCUT2D eigenvalue weighted by atomic mass is 16.5. The van der Waals surface area contributed by atoms with Crippen molar-refractivity contribution >= 4 is 0 Å². The number of benzene rings is 1. The minimum atomic E-state index is 0.695. The van der Waals surface area contributed by atoms with Crippen molar-refractivity contribution in [2.45, 2.75) is 19.5 Å². The molecule has 0 spiro atoms. The van der Waals surface area contributed by atoms with Gasteiger partial charge in [-0.1, -0.05) is 0 Å². The van der Waals surface area contributed by atoms with E-state index in [0.29, 0.717) is 11.8 Å². The molecule has 6 nitrogen and oxygen atoms in total. The molecule has 2 atom stereocenters. The Kier molecular flexibility index (Phi) is 4.01. The van der Waals surface area contributed by atoms with Gasteiger partial charge in [-0.05, 0) is 36.1 Å². The van der Waals surface area contributed by atoms with Gasteiger partial charge in [-0.15, -0.1) is 0 Å². The number of methoxy groups -OCH3 is 1. The molecule has 0 aliphatic carbocycles. The summed E-state index contributed by atoms with van der Waals surface area (Å²) >= 11 is 0. The van der Waals surface area contributed by atoms with Crippen molar-refractivity contribution in [3.63, 3.8) is 0 Å². The summed E-state index contributed by atoms with van der Waals surface area (Å²) < 4.78 is 9.60. The second-order valence-electron chi connectivity index (χ2n) is 7.84. The van der Waals surface area contributed by atoms with E-state index in [1.54, 1.807) is 7.11 Å². The van der Waals surface area contributed by atoms with Crippen LogP contribution in [0.15, 0.2) is 42.9 Å². The molecular weight excluding hydrogens is 338 g/mol. The first-order valence-electron chi connectivity index (χ1n) is 9.58. The van der Waals surface area contributed by atoms with Crippen molar-refractivity contribution in [2.24, 2.45) is 18.9 Å². The molecule has 0 unspecified atom stereocenters. The summed E-state index contributed by atoms with van der Waals surface area (Å²) in [6.45, 7) is 4.36. The van der Waals surface area contributed by atoms with Gasteiger partial charge >= 0.3 is 0 Å². The molecule has 0 N–H and O–H groups in total. The Morgan fingerprint density at radius 3 is 2.63 bits per heavy atom. The van der Waals surface area contributed by atoms with Gasteiger partial charge in [-0.3, -0.25) is 9.58 Å². The molecule has 0 radical (unpaired) electrons. The molecule has 6 heteroatoms. The fourth-order valence-corrected chi connectivity index (χ4v) is 4.66. The van der Waals surface area contributed by atoms with E-state index >= 15 is 0 Å². The first-order valence-corrected chi connectivity index (χ1v) is 9.58. The minimum Gasteiger partial charge on any atom is -0.497 e. The highest BCUT2D eigenvalue weighted by Crippen LogP contribution is 2.36. The molecule has 1 fully saturated rings. The molecule has 2 aromatic heterocycles. The van der Waals surface area contributed by atoms with Crippen molar-refractivity contribution in [3.05, 3.63) is 54.2 Å². The van der Waals surface area contributed by atoms with E-state index in [0.717, 1.165) is 38.3 Å². The topological polar surface area (TPSA) is 48.1 Å². The zero-order valence-electron chi connectivity index (χ0n) is 15.9. The van der Waals surface area contributed by atoms with E-state index < -0.39 is 0 Å². The molecule has 4 heterocycles. The quantitative estimate of drug-likeness (QED) is 0.715. The number of imidazole rings is 1. The van der Waals surface area contributed by atoms with Crippen LogP contribution in [0.3, 0.4) is 0 Å². The summed E-state index contributed by atoms with van der Waals surface area (Å²) in [6.07, 6.45) is 7.21. The van der Waals surface area contributed by atoms with Crippen LogP contribution in [0.5, 0.6) is 5.75 Å². The number of likely N-dealkylation sites (tertiary alicyclic amines) is 1. The zero-order valence-corrected chi connectivity index (χ0v) is 15.9. The molecule has 5 rings (SSSR count). The molecule has 0 saturated carbocycles. The number of hydrogen-bond acceptors (Lipinski definition) is 4. The van der Waals surface area contributed by atoms with Gasteiger partial charge in [0.25, 0.3) is 0 Å². The van der Waals surface area contributed by atoms with Gasteiger partial charge in [0.2, 0.25) is 0 Å². The second-order valence-corrected chi connectivity index (χ2v) is 7.84. The fourth-order valence-electron chi connectivity index (χ4n) is 4.66. The summed E-state index contributed by atoms with van der Waals surface area (Å²) in [7, 11) is 3.68. The third kappa shape index (κ3) is 3.04. The van der Waals surface area contributed by atoms with Crippen LogP contribution in [0.1, 0.15) is 11.4 Å². The lowest BCUT2D eigenvalue weighted by molar-refractivity contribution is 0.307. The number of nitrogens with zero attached hydrogens (tertiary/aromatic N) is 5. The standard InChI is InChI=1S/C21H25N5O/c1-24-10-15(8-23-24)11-25-12-17-7-21-22-9-20(26(21)14-18(17)13-25)16-3-5-19(27-2)6-4-16/h3-6,8-10,17-18H,7,11-14H2,1-2H3/t17-,18-/m1/s1. The Balaban J connectivity index is 1.33. The number of aryl methyl sites for hydroxylation is 1. The van der Waals surface area contributed by atoms with Crippen molar-refractivity contribution in [1.82, 2.24) is 24.2 Å². The highest BCUT2D eigenvalue weighted by molar-refractivity contribution is 5.60. The second kappa shape index (κ2) is 6.53. The van der Waals surface area contributed by atoms with Gasteiger partial charge in [0.1, 0.15) is 11.6 Å². The van der Waals surface area contributed by atoms with E-state index in [1.165, 1.54) is 22.6 Å². The maximum absolute atomic E-state index is 5.28. The predicted octanol–water partition coefficient (Wildman–Crippen LogP) is 2.60. The average Bonchev–Trinajstić information content (AvgIpc) is 3.38. The van der Waals surface area contributed by atoms with Crippen LogP contribution < -0.4 is 4.74 Å². The Morgan fingerprint density at radius 2 is 1.89 bits per heavy atom. The smallest absolute Gasteiger partial charge is 0.118 e. The summed E-state index contributed by atoms with van der Waals surface area (Å²) in [6, 6.07) is 8.29. The van der Waals surface area contributed by atoms with Crippen LogP contribution in [0, 0.1) is 11.8 Å². The van der Waals surface area contributed by atoms with E-state index in [9.17, 15) is 0 Å². The van der Waals surface area contributed by atoms with Gasteiger partial charge < -0.3 is 9.30 Å². The third-order valence-electron chi connectivity index (χ3n) is 6.00. The molecule has 0 bridgehead atoms. The summed E-state index contributed by atoms with van der Waals surface area (Å²) in [5, 5.41) is 4.30. The minimum absolute atomic E-state index is 0.695. The first kappa shape index (κ1) is 16.6. The SMILES string of the molecule is COc1ccc(-c2cnc3n2C[C@H]2CN(Cc4cnn(C)c4)C[C@H]2C3)cc1. The highest BCUT2D eigenvalue weighted by Gasteiger charge is 2.37. The summed E-state index contributed by atoms with van der Waals surface area (Å²) in [5.41, 5.74) is 3.72. The number of aromatic nitrogens is 4. The predicted molar refractivity (Wildman–Crippen MR) is 103 cm³/mol. The van der Waals surface area contributed by atoms with E-state index in [-0.39, 0.29) is 0 Å². The number of ether oxygens (including phenoxy) is 1. The molecular formula is C21H25N5O. The van der Waals surface area contributed by atoms with Crippen molar-refractivity contribution in [3.8, 4) is 17.0 Å². The van der Waals surface area contributed by atoms with Gasteiger partial charge in [-0.2, -0.15) is 5.10 Å². The monoisotopic (exact) mass is 363 g/mol. The van der Waals surface area contributed by atoms with Gasteiger partial charge in [0.15, 0.2) is 0 Å². The van der Waals surface area contributed by atoms with Crippen molar-refractivity contribution in [2.75, 3.05) is 20.2 Å². The normalized spacial score (nSPS) is 21.9. The lowest BCUT2D eigenvalue weighted by Crippen LogP contribution is -2.28. The summed E-state index contributed by atoms with van der Waals surface area (Å²) in [4.78, 5) is 7.32. The number of fused-ring (bicyclic) bond motifs is 2. The molecule has 27 heavy (non-hydrogen) atoms. The number of rotatable bonds is 4. The van der Waals surface area contributed by atoms with Crippen molar-refractivity contribution in [1.29, 1.82) is 0 Å². The van der Waals surface area contributed by atoms with Crippen LogP contribution in [-0.2, 0) is 26.6 Å². The lowest BCUT2D eigenvalue weighted by atomic mass is 9.89. The molecule has 3 aromatic rings. The molecule has 0 amide bonds. The molecule has 2 aliphatic heterocycles. The maximum atomic E-state index is 5.28. The Hall–Kier alpha value is -2.60. The van der Waals surface area contributed by atoms with Crippen LogP contribution >= 0.6 is 0 Å². The number of hydrogen-bond donors (Lipinski definition) is 0. The molecule has 1 aromatic carbocycles. The largest absolute Gasteiger partial charge is 0.497 e. The van der Waals surface area contributed by atoms with Gasteiger partial charge in [-0.25, -0.2) is 4.98 Å². The van der Waals surface area contributed by atoms with Crippen molar-refractivity contribution < 1.29 is 4.74 Å². The average molecular weight is 363 g/mol. The third-order valence-corrected chi connectivity index (χ3v) is 6.00. The molecule has 1 saturated heterocycles.